The van der Waals surface area contributed by atoms with Gasteiger partial charge in [0, 0.05) is 40.1 Å². The van der Waals surface area contributed by atoms with Crippen LogP contribution in [0.25, 0.3) is 10.9 Å². The number of amides is 1. The predicted octanol–water partition coefficient (Wildman–Crippen LogP) is 4.51. The zero-order chi connectivity index (χ0) is 22.9. The van der Waals surface area contributed by atoms with Crippen molar-refractivity contribution in [3.63, 3.8) is 0 Å². The highest BCUT2D eigenvalue weighted by Crippen LogP contribution is 2.28. The second-order valence-electron chi connectivity index (χ2n) is 7.81. The molecule has 0 saturated heterocycles. The lowest BCUT2D eigenvalue weighted by Gasteiger charge is -2.11. The molecule has 5 N–H and O–H groups in total. The number of carbonyl (C=O) groups excluding carboxylic acids is 1. The number of H-pyrrole nitrogens is 1. The molecule has 1 unspecified atom stereocenters. The smallest absolute Gasteiger partial charge is 0.251 e. The van der Waals surface area contributed by atoms with E-state index in [1.807, 2.05) is 35.9 Å². The maximum absolute atomic E-state index is 12.5. The summed E-state index contributed by atoms with van der Waals surface area (Å²) < 4.78 is 6.61. The van der Waals surface area contributed by atoms with Gasteiger partial charge in [-0.25, -0.2) is 0 Å². The lowest BCUT2D eigenvalue weighted by Crippen LogP contribution is -2.25. The van der Waals surface area contributed by atoms with Crippen molar-refractivity contribution in [2.45, 2.75) is 44.8 Å². The summed E-state index contributed by atoms with van der Waals surface area (Å²) in [6.07, 6.45) is 5.90. The lowest BCUT2D eigenvalue weighted by molar-refractivity contribution is -0.00393. The summed E-state index contributed by atoms with van der Waals surface area (Å²) in [6, 6.07) is 11.7. The molecular weight excluding hydrogens is 474 g/mol. The van der Waals surface area contributed by atoms with E-state index in [4.69, 9.17) is 9.94 Å². The van der Waals surface area contributed by atoms with Gasteiger partial charge in [0.25, 0.3) is 5.91 Å². The molecule has 0 fully saturated rings. The molecular formula is C24H30BrN3O4. The Morgan fingerprint density at radius 3 is 2.72 bits per heavy atom. The molecule has 0 spiro atoms. The number of hydrogen-bond acceptors (Lipinski definition) is 5. The number of aromatic nitrogens is 1. The third kappa shape index (κ3) is 6.56. The molecule has 1 heterocycles. The molecule has 0 bridgehead atoms. The number of halogens is 1. The maximum Gasteiger partial charge on any atom is 0.251 e. The number of aromatic amines is 1. The van der Waals surface area contributed by atoms with Crippen molar-refractivity contribution in [3.05, 3.63) is 63.8 Å². The summed E-state index contributed by atoms with van der Waals surface area (Å²) in [6.45, 7) is 0.591. The number of ether oxygens (including phenoxy) is 1. The van der Waals surface area contributed by atoms with Gasteiger partial charge in [0.05, 0.1) is 7.11 Å². The van der Waals surface area contributed by atoms with Gasteiger partial charge in [-0.15, -0.1) is 0 Å². The van der Waals surface area contributed by atoms with Crippen LogP contribution in [0.5, 0.6) is 5.75 Å². The maximum atomic E-state index is 12.5. The minimum atomic E-state index is -0.870. The molecule has 1 atom stereocenters. The van der Waals surface area contributed by atoms with Crippen LogP contribution in [-0.4, -0.2) is 41.1 Å². The quantitative estimate of drug-likeness (QED) is 0.142. The van der Waals surface area contributed by atoms with E-state index in [9.17, 15) is 9.90 Å². The number of aliphatic hydroxyl groups excluding tert-OH is 1. The highest BCUT2D eigenvalue weighted by atomic mass is 79.9. The molecule has 0 aliphatic carbocycles. The zero-order valence-corrected chi connectivity index (χ0v) is 19.7. The first kappa shape index (κ1) is 24.3. The second kappa shape index (κ2) is 12.0. The van der Waals surface area contributed by atoms with Crippen molar-refractivity contribution in [2.75, 3.05) is 13.7 Å². The summed E-state index contributed by atoms with van der Waals surface area (Å²) >= 11 is 3.53. The number of hydrogen-bond donors (Lipinski definition) is 5. The number of fused-ring (bicyclic) bond motifs is 1. The molecule has 7 nitrogen and oxygen atoms in total. The third-order valence-electron chi connectivity index (χ3n) is 5.50. The summed E-state index contributed by atoms with van der Waals surface area (Å²) in [4.78, 5) is 15.8. The van der Waals surface area contributed by atoms with E-state index < -0.39 is 6.23 Å². The van der Waals surface area contributed by atoms with E-state index in [0.29, 0.717) is 30.7 Å². The van der Waals surface area contributed by atoms with Gasteiger partial charge in [0.1, 0.15) is 12.0 Å². The van der Waals surface area contributed by atoms with Crippen molar-refractivity contribution in [1.82, 2.24) is 15.8 Å². The fraction of sp³-hybridized carbons (Fsp3) is 0.375. The number of benzene rings is 2. The number of methoxy groups -OCH3 is 1. The number of carbonyl (C=O) groups is 1. The van der Waals surface area contributed by atoms with E-state index in [0.717, 1.165) is 46.6 Å². The van der Waals surface area contributed by atoms with E-state index in [-0.39, 0.29) is 5.91 Å². The van der Waals surface area contributed by atoms with Crippen LogP contribution in [0.15, 0.2) is 47.1 Å². The topological polar surface area (TPSA) is 107 Å². The zero-order valence-electron chi connectivity index (χ0n) is 18.2. The molecule has 0 aliphatic rings. The van der Waals surface area contributed by atoms with Gasteiger partial charge in [-0.2, -0.15) is 5.48 Å². The number of unbranched alkanes of at least 4 members (excludes halogenated alkanes) is 3. The Balaban J connectivity index is 1.54. The van der Waals surface area contributed by atoms with Gasteiger partial charge >= 0.3 is 0 Å². The van der Waals surface area contributed by atoms with Crippen molar-refractivity contribution in [3.8, 4) is 5.75 Å². The van der Waals surface area contributed by atoms with E-state index >= 15 is 0 Å². The van der Waals surface area contributed by atoms with Crippen molar-refractivity contribution < 1.29 is 19.8 Å². The molecule has 0 radical (unpaired) electrons. The summed E-state index contributed by atoms with van der Waals surface area (Å²) in [5.74, 6) is 0.573. The Bertz CT molecular complexity index is 1040. The van der Waals surface area contributed by atoms with Gasteiger partial charge in [-0.05, 0) is 60.7 Å². The molecule has 2 aromatic carbocycles. The highest BCUT2D eigenvalue weighted by molar-refractivity contribution is 9.10. The lowest BCUT2D eigenvalue weighted by atomic mass is 10.0. The molecule has 0 aliphatic heterocycles. The van der Waals surface area contributed by atoms with Crippen LogP contribution in [0.2, 0.25) is 0 Å². The molecule has 172 valence electrons. The Morgan fingerprint density at radius 1 is 1.12 bits per heavy atom. The summed E-state index contributed by atoms with van der Waals surface area (Å²) in [5, 5.41) is 21.9. The number of hydroxylamine groups is 1. The monoisotopic (exact) mass is 503 g/mol. The number of rotatable bonds is 12. The van der Waals surface area contributed by atoms with Gasteiger partial charge in [0.2, 0.25) is 0 Å². The second-order valence-corrected chi connectivity index (χ2v) is 8.73. The molecule has 3 rings (SSSR count). The SMILES string of the molecule is COc1cc(C(=O)NCCCCCCC(O)NO)ccc1Cc1c[nH]c2ccc(Br)cc12. The minimum Gasteiger partial charge on any atom is -0.496 e. The molecule has 3 aromatic rings. The van der Waals surface area contributed by atoms with Crippen LogP contribution in [0.3, 0.4) is 0 Å². The first-order chi connectivity index (χ1) is 15.5. The largest absolute Gasteiger partial charge is 0.496 e. The Morgan fingerprint density at radius 2 is 1.94 bits per heavy atom. The minimum absolute atomic E-state index is 0.120. The van der Waals surface area contributed by atoms with Gasteiger partial charge in [0.15, 0.2) is 0 Å². The molecule has 1 amide bonds. The summed E-state index contributed by atoms with van der Waals surface area (Å²) in [5.41, 5.74) is 5.66. The van der Waals surface area contributed by atoms with Gasteiger partial charge < -0.3 is 25.4 Å². The average molecular weight is 504 g/mol. The normalized spacial score (nSPS) is 12.1. The standard InChI is InChI=1S/C24H30BrN3O4/c1-32-22-13-17(24(30)26-11-5-3-2-4-6-23(29)28-31)8-7-16(22)12-18-15-27-21-10-9-19(25)14-20(18)21/h7-10,13-15,23,27-29,31H,2-6,11-12H2,1H3,(H,26,30). The molecule has 8 heteroatoms. The first-order valence-electron chi connectivity index (χ1n) is 10.8. The van der Waals surface area contributed by atoms with Crippen LogP contribution in [0, 0.1) is 0 Å². The first-order valence-corrected chi connectivity index (χ1v) is 11.6. The van der Waals surface area contributed by atoms with Crippen LogP contribution in [0.1, 0.15) is 53.6 Å². The van der Waals surface area contributed by atoms with Crippen molar-refractivity contribution in [1.29, 1.82) is 0 Å². The van der Waals surface area contributed by atoms with Gasteiger partial charge in [-0.3, -0.25) is 4.79 Å². The summed E-state index contributed by atoms with van der Waals surface area (Å²) in [7, 11) is 1.62. The number of aliphatic hydroxyl groups is 1. The molecule has 32 heavy (non-hydrogen) atoms. The fourth-order valence-corrected chi connectivity index (χ4v) is 4.08. The predicted molar refractivity (Wildman–Crippen MR) is 128 cm³/mol. The van der Waals surface area contributed by atoms with Crippen LogP contribution in [0.4, 0.5) is 0 Å². The van der Waals surface area contributed by atoms with E-state index in [2.05, 4.69) is 32.3 Å². The van der Waals surface area contributed by atoms with Crippen LogP contribution in [-0.2, 0) is 6.42 Å². The van der Waals surface area contributed by atoms with Crippen LogP contribution < -0.4 is 15.5 Å². The number of nitrogens with one attached hydrogen (secondary N) is 3. The fourth-order valence-electron chi connectivity index (χ4n) is 3.72. The Hall–Kier alpha value is -2.39. The van der Waals surface area contributed by atoms with Crippen molar-refractivity contribution in [2.24, 2.45) is 0 Å². The van der Waals surface area contributed by atoms with Crippen LogP contribution >= 0.6 is 15.9 Å². The molecule has 0 saturated carbocycles. The molecule has 1 aromatic heterocycles. The third-order valence-corrected chi connectivity index (χ3v) is 5.99. The average Bonchev–Trinajstić information content (AvgIpc) is 3.19. The highest BCUT2D eigenvalue weighted by Gasteiger charge is 2.13. The van der Waals surface area contributed by atoms with Crippen molar-refractivity contribution >= 4 is 32.7 Å². The Kier molecular flexibility index (Phi) is 9.11. The van der Waals surface area contributed by atoms with Gasteiger partial charge in [-0.1, -0.05) is 34.8 Å². The van der Waals surface area contributed by atoms with E-state index in [1.54, 1.807) is 13.2 Å². The Labute approximate surface area is 196 Å². The van der Waals surface area contributed by atoms with E-state index in [1.165, 1.54) is 5.56 Å².